The molecule has 0 unspecified atom stereocenters. The molecule has 0 bridgehead atoms. The third kappa shape index (κ3) is 2.40. The van der Waals surface area contributed by atoms with Crippen LogP contribution in [0.2, 0.25) is 0 Å². The van der Waals surface area contributed by atoms with Gasteiger partial charge in [0.25, 0.3) is 5.56 Å². The van der Waals surface area contributed by atoms with E-state index >= 15 is 0 Å². The summed E-state index contributed by atoms with van der Waals surface area (Å²) in [5, 5.41) is 0.738. The summed E-state index contributed by atoms with van der Waals surface area (Å²) in [6.07, 6.45) is 6.69. The van der Waals surface area contributed by atoms with Crippen LogP contribution in [0.4, 0.5) is 5.69 Å². The molecule has 5 rings (SSSR count). The molecule has 132 valence electrons. The summed E-state index contributed by atoms with van der Waals surface area (Å²) in [6.45, 7) is 0.719. The van der Waals surface area contributed by atoms with E-state index in [-0.39, 0.29) is 18.0 Å². The molecule has 2 aliphatic rings. The topological polar surface area (TPSA) is 55.2 Å². The van der Waals surface area contributed by atoms with Crippen molar-refractivity contribution in [1.82, 2.24) is 9.55 Å². The number of rotatable bonds is 2. The molecule has 1 amide bonds. The summed E-state index contributed by atoms with van der Waals surface area (Å²) in [5.41, 5.74) is 3.25. The Balaban J connectivity index is 1.49. The van der Waals surface area contributed by atoms with Gasteiger partial charge in [-0.2, -0.15) is 0 Å². The smallest absolute Gasteiger partial charge is 0.262 e. The molecule has 3 heterocycles. The van der Waals surface area contributed by atoms with E-state index in [2.05, 4.69) is 11.1 Å². The Labute approximate surface area is 154 Å². The van der Waals surface area contributed by atoms with Crippen LogP contribution in [-0.4, -0.2) is 22.0 Å². The number of carbonyl (C=O) groups excluding carboxylic acids is 1. The van der Waals surface area contributed by atoms with Crippen LogP contribution < -0.4 is 10.5 Å². The molecule has 1 aromatic carbocycles. The van der Waals surface area contributed by atoms with Gasteiger partial charge in [-0.3, -0.25) is 14.2 Å². The average molecular weight is 365 g/mol. The van der Waals surface area contributed by atoms with Gasteiger partial charge >= 0.3 is 0 Å². The Kier molecular flexibility index (Phi) is 3.67. The van der Waals surface area contributed by atoms with E-state index in [0.29, 0.717) is 6.54 Å². The van der Waals surface area contributed by atoms with Gasteiger partial charge in [0.1, 0.15) is 11.4 Å². The van der Waals surface area contributed by atoms with Gasteiger partial charge in [0, 0.05) is 17.1 Å². The number of aromatic nitrogens is 2. The molecule has 6 heteroatoms. The predicted octanol–water partition coefficient (Wildman–Crippen LogP) is 2.93. The number of nitrogens with zero attached hydrogens (tertiary/aromatic N) is 3. The van der Waals surface area contributed by atoms with Gasteiger partial charge in [0.05, 0.1) is 11.7 Å². The van der Waals surface area contributed by atoms with E-state index in [1.807, 2.05) is 18.2 Å². The predicted molar refractivity (Wildman–Crippen MR) is 103 cm³/mol. The number of amides is 1. The molecule has 0 N–H and O–H groups in total. The molecule has 3 aromatic rings. The van der Waals surface area contributed by atoms with Crippen LogP contribution in [0, 0.1) is 0 Å². The zero-order valence-corrected chi connectivity index (χ0v) is 15.2. The third-order valence-electron chi connectivity index (χ3n) is 5.44. The van der Waals surface area contributed by atoms with Crippen molar-refractivity contribution in [2.75, 3.05) is 11.4 Å². The largest absolute Gasteiger partial charge is 0.310 e. The van der Waals surface area contributed by atoms with Crippen LogP contribution in [0.3, 0.4) is 0 Å². The van der Waals surface area contributed by atoms with Gasteiger partial charge in [-0.15, -0.1) is 11.3 Å². The maximum atomic E-state index is 13.0. The fourth-order valence-corrected chi connectivity index (χ4v) is 5.34. The van der Waals surface area contributed by atoms with Gasteiger partial charge in [0.15, 0.2) is 0 Å². The minimum atomic E-state index is -0.0739. The number of hydrogen-bond donors (Lipinski definition) is 0. The molecular weight excluding hydrogens is 346 g/mol. The number of para-hydroxylation sites is 1. The molecule has 0 spiro atoms. The van der Waals surface area contributed by atoms with Crippen molar-refractivity contribution in [3.8, 4) is 0 Å². The second-order valence-electron chi connectivity index (χ2n) is 6.99. The Morgan fingerprint density at radius 1 is 1.15 bits per heavy atom. The van der Waals surface area contributed by atoms with Gasteiger partial charge < -0.3 is 4.90 Å². The second kappa shape index (κ2) is 6.06. The van der Waals surface area contributed by atoms with Crippen molar-refractivity contribution in [1.29, 1.82) is 0 Å². The first-order valence-corrected chi connectivity index (χ1v) is 9.92. The first-order chi connectivity index (χ1) is 12.7. The molecule has 0 radical (unpaired) electrons. The minimum Gasteiger partial charge on any atom is -0.310 e. The Morgan fingerprint density at radius 3 is 2.92 bits per heavy atom. The maximum Gasteiger partial charge on any atom is 0.262 e. The van der Waals surface area contributed by atoms with Crippen LogP contribution in [-0.2, 0) is 30.6 Å². The SMILES string of the molecule is O=C(Cn1cnc2sc3c(c2c1=O)CCCC3)N1CCc2ccccc21. The summed E-state index contributed by atoms with van der Waals surface area (Å²) in [5.74, 6) is -0.0534. The first-order valence-electron chi connectivity index (χ1n) is 9.10. The number of fused-ring (bicyclic) bond motifs is 4. The minimum absolute atomic E-state index is 0.0424. The van der Waals surface area contributed by atoms with E-state index in [4.69, 9.17) is 0 Å². The first kappa shape index (κ1) is 15.8. The second-order valence-corrected chi connectivity index (χ2v) is 8.08. The molecule has 0 fully saturated rings. The van der Waals surface area contributed by atoms with E-state index in [0.717, 1.165) is 41.6 Å². The standard InChI is InChI=1S/C20H19N3O2S/c24-17(23-10-9-13-5-1-3-7-15(13)23)11-22-12-21-19-18(20(22)25)14-6-2-4-8-16(14)26-19/h1,3,5,7,12H,2,4,6,8-11H2. The van der Waals surface area contributed by atoms with E-state index < -0.39 is 0 Å². The van der Waals surface area contributed by atoms with Crippen LogP contribution in [0.15, 0.2) is 35.4 Å². The molecule has 26 heavy (non-hydrogen) atoms. The van der Waals surface area contributed by atoms with Crippen molar-refractivity contribution in [2.45, 2.75) is 38.6 Å². The third-order valence-corrected chi connectivity index (χ3v) is 6.64. The highest BCUT2D eigenvalue weighted by molar-refractivity contribution is 7.18. The van der Waals surface area contributed by atoms with Crippen molar-refractivity contribution < 1.29 is 4.79 Å². The Morgan fingerprint density at radius 2 is 2.00 bits per heavy atom. The summed E-state index contributed by atoms with van der Waals surface area (Å²) < 4.78 is 1.48. The van der Waals surface area contributed by atoms with E-state index in [9.17, 15) is 9.59 Å². The highest BCUT2D eigenvalue weighted by Gasteiger charge is 2.25. The zero-order valence-electron chi connectivity index (χ0n) is 14.4. The Hall–Kier alpha value is -2.47. The van der Waals surface area contributed by atoms with Gasteiger partial charge in [0.2, 0.25) is 5.91 Å². The number of hydrogen-bond acceptors (Lipinski definition) is 4. The zero-order chi connectivity index (χ0) is 17.7. The summed E-state index contributed by atoms with van der Waals surface area (Å²) in [6, 6.07) is 7.97. The highest BCUT2D eigenvalue weighted by atomic mass is 32.1. The lowest BCUT2D eigenvalue weighted by Crippen LogP contribution is -2.35. The van der Waals surface area contributed by atoms with Crippen LogP contribution in [0.1, 0.15) is 28.8 Å². The molecule has 0 saturated heterocycles. The number of benzene rings is 1. The lowest BCUT2D eigenvalue weighted by Gasteiger charge is -2.18. The van der Waals surface area contributed by atoms with Crippen LogP contribution in [0.5, 0.6) is 0 Å². The normalized spacial score (nSPS) is 15.9. The lowest BCUT2D eigenvalue weighted by molar-refractivity contribution is -0.119. The molecule has 0 saturated carbocycles. The van der Waals surface area contributed by atoms with Crippen molar-refractivity contribution in [2.24, 2.45) is 0 Å². The summed E-state index contributed by atoms with van der Waals surface area (Å²) in [4.78, 5) is 34.2. The fraction of sp³-hybridized carbons (Fsp3) is 0.350. The number of thiophene rings is 1. The molecule has 2 aromatic heterocycles. The summed E-state index contributed by atoms with van der Waals surface area (Å²) >= 11 is 1.64. The Bertz CT molecular complexity index is 1080. The van der Waals surface area contributed by atoms with E-state index in [1.54, 1.807) is 16.2 Å². The van der Waals surface area contributed by atoms with Crippen LogP contribution >= 0.6 is 11.3 Å². The van der Waals surface area contributed by atoms with Crippen LogP contribution in [0.25, 0.3) is 10.2 Å². The van der Waals surface area contributed by atoms with Gasteiger partial charge in [-0.25, -0.2) is 4.98 Å². The molecule has 1 aliphatic heterocycles. The van der Waals surface area contributed by atoms with Gasteiger partial charge in [-0.1, -0.05) is 18.2 Å². The average Bonchev–Trinajstić information content (AvgIpc) is 3.25. The quantitative estimate of drug-likeness (QED) is 0.702. The molecule has 1 aliphatic carbocycles. The molecule has 0 atom stereocenters. The van der Waals surface area contributed by atoms with E-state index in [1.165, 1.54) is 33.3 Å². The highest BCUT2D eigenvalue weighted by Crippen LogP contribution is 2.33. The number of carbonyl (C=O) groups is 1. The molecular formula is C20H19N3O2S. The summed E-state index contributed by atoms with van der Waals surface area (Å²) in [7, 11) is 0. The molecule has 5 nitrogen and oxygen atoms in total. The maximum absolute atomic E-state index is 13.0. The van der Waals surface area contributed by atoms with Crippen molar-refractivity contribution >= 4 is 33.1 Å². The lowest BCUT2D eigenvalue weighted by atomic mass is 9.97. The van der Waals surface area contributed by atoms with Crippen molar-refractivity contribution in [3.05, 3.63) is 57.0 Å². The monoisotopic (exact) mass is 365 g/mol. The van der Waals surface area contributed by atoms with Gasteiger partial charge in [-0.05, 0) is 49.3 Å². The fourth-order valence-electron chi connectivity index (χ4n) is 4.12. The number of aryl methyl sites for hydroxylation is 2. The van der Waals surface area contributed by atoms with Crippen molar-refractivity contribution in [3.63, 3.8) is 0 Å². The number of anilines is 1.